The zero-order chi connectivity index (χ0) is 20.9. The fourth-order valence-electron chi connectivity index (χ4n) is 2.69. The maximum absolute atomic E-state index is 12.6. The Morgan fingerprint density at radius 2 is 1.97 bits per heavy atom. The number of anilines is 1. The van der Waals surface area contributed by atoms with Crippen molar-refractivity contribution in [2.75, 3.05) is 18.4 Å². The second-order valence-corrected chi connectivity index (χ2v) is 7.26. The van der Waals surface area contributed by atoms with Crippen molar-refractivity contribution < 1.29 is 22.4 Å². The van der Waals surface area contributed by atoms with E-state index < -0.39 is 11.7 Å². The molecule has 0 aliphatic heterocycles. The van der Waals surface area contributed by atoms with E-state index in [1.54, 1.807) is 0 Å². The predicted octanol–water partition coefficient (Wildman–Crippen LogP) is 4.67. The fourth-order valence-corrected chi connectivity index (χ4v) is 3.33. The summed E-state index contributed by atoms with van der Waals surface area (Å²) in [6.45, 7) is 2.95. The second kappa shape index (κ2) is 9.19. The summed E-state index contributed by atoms with van der Waals surface area (Å²) in [5.41, 5.74) is -0.460. The average molecular weight is 424 g/mol. The first-order chi connectivity index (χ1) is 13.8. The number of hydrogen-bond acceptors (Lipinski definition) is 6. The van der Waals surface area contributed by atoms with Crippen LogP contribution in [-0.2, 0) is 17.5 Å². The van der Waals surface area contributed by atoms with Crippen molar-refractivity contribution in [1.82, 2.24) is 15.1 Å². The molecule has 10 heteroatoms. The van der Waals surface area contributed by atoms with Gasteiger partial charge in [0, 0.05) is 5.69 Å². The summed E-state index contributed by atoms with van der Waals surface area (Å²) >= 11 is 1.49. The SMILES string of the molecule is CCCN(CC(=O)Nc1ccc(C(F)(F)F)cc1)Cc1nnc(-c2cccs2)o1. The highest BCUT2D eigenvalue weighted by atomic mass is 32.1. The molecule has 0 spiro atoms. The molecule has 1 amide bonds. The second-order valence-electron chi connectivity index (χ2n) is 6.31. The van der Waals surface area contributed by atoms with E-state index in [0.29, 0.717) is 30.6 Å². The third kappa shape index (κ3) is 5.88. The highest BCUT2D eigenvalue weighted by Gasteiger charge is 2.30. The van der Waals surface area contributed by atoms with Gasteiger partial charge in [-0.15, -0.1) is 21.5 Å². The number of hydrogen-bond donors (Lipinski definition) is 1. The molecule has 0 fully saturated rings. The van der Waals surface area contributed by atoms with Crippen LogP contribution < -0.4 is 5.32 Å². The monoisotopic (exact) mass is 424 g/mol. The maximum atomic E-state index is 12.6. The summed E-state index contributed by atoms with van der Waals surface area (Å²) in [7, 11) is 0. The van der Waals surface area contributed by atoms with Gasteiger partial charge in [-0.05, 0) is 48.7 Å². The van der Waals surface area contributed by atoms with E-state index in [9.17, 15) is 18.0 Å². The van der Waals surface area contributed by atoms with Crippen LogP contribution in [0.1, 0.15) is 24.8 Å². The number of nitrogens with one attached hydrogen (secondary N) is 1. The molecule has 2 aromatic heterocycles. The molecule has 0 radical (unpaired) electrons. The third-order valence-electron chi connectivity index (χ3n) is 3.96. The van der Waals surface area contributed by atoms with E-state index in [0.717, 1.165) is 23.4 Å². The van der Waals surface area contributed by atoms with Crippen molar-refractivity contribution >= 4 is 22.9 Å². The zero-order valence-corrected chi connectivity index (χ0v) is 16.4. The highest BCUT2D eigenvalue weighted by molar-refractivity contribution is 7.13. The molecule has 154 valence electrons. The minimum atomic E-state index is -4.41. The van der Waals surface area contributed by atoms with Gasteiger partial charge in [0.2, 0.25) is 11.8 Å². The topological polar surface area (TPSA) is 71.3 Å². The molecular formula is C19H19F3N4O2S. The first kappa shape index (κ1) is 21.0. The van der Waals surface area contributed by atoms with Gasteiger partial charge < -0.3 is 9.73 Å². The normalized spacial score (nSPS) is 11.8. The van der Waals surface area contributed by atoms with Gasteiger partial charge in [0.1, 0.15) is 0 Å². The molecule has 0 atom stereocenters. The van der Waals surface area contributed by atoms with Crippen LogP contribution in [0, 0.1) is 0 Å². The molecule has 1 N–H and O–H groups in total. The van der Waals surface area contributed by atoms with Crippen molar-refractivity contribution in [2.45, 2.75) is 26.1 Å². The maximum Gasteiger partial charge on any atom is 0.416 e. The van der Waals surface area contributed by atoms with Gasteiger partial charge in [-0.25, -0.2) is 0 Å². The van der Waals surface area contributed by atoms with Gasteiger partial charge in [-0.1, -0.05) is 13.0 Å². The Hall–Kier alpha value is -2.72. The van der Waals surface area contributed by atoms with Gasteiger partial charge in [-0.2, -0.15) is 13.2 Å². The molecule has 2 heterocycles. The van der Waals surface area contributed by atoms with E-state index in [2.05, 4.69) is 15.5 Å². The van der Waals surface area contributed by atoms with Crippen LogP contribution in [0.5, 0.6) is 0 Å². The molecule has 0 saturated carbocycles. The molecule has 3 rings (SSSR count). The Morgan fingerprint density at radius 1 is 1.21 bits per heavy atom. The number of carbonyl (C=O) groups excluding carboxylic acids is 1. The Balaban J connectivity index is 1.59. The minimum Gasteiger partial charge on any atom is -0.419 e. The number of aromatic nitrogens is 2. The van der Waals surface area contributed by atoms with Gasteiger partial charge in [0.05, 0.1) is 23.5 Å². The molecule has 29 heavy (non-hydrogen) atoms. The molecule has 3 aromatic rings. The van der Waals surface area contributed by atoms with E-state index in [1.165, 1.54) is 23.5 Å². The molecule has 6 nitrogen and oxygen atoms in total. The quantitative estimate of drug-likeness (QED) is 0.569. The lowest BCUT2D eigenvalue weighted by Gasteiger charge is -2.19. The van der Waals surface area contributed by atoms with Gasteiger partial charge in [-0.3, -0.25) is 9.69 Å². The zero-order valence-electron chi connectivity index (χ0n) is 15.6. The van der Waals surface area contributed by atoms with E-state index in [1.807, 2.05) is 29.3 Å². The Bertz CT molecular complexity index is 924. The summed E-state index contributed by atoms with van der Waals surface area (Å²) in [6.07, 6.45) is -3.61. The van der Waals surface area contributed by atoms with E-state index >= 15 is 0 Å². The van der Waals surface area contributed by atoms with Crippen molar-refractivity contribution in [3.05, 3.63) is 53.2 Å². The Kier molecular flexibility index (Phi) is 6.65. The number of benzene rings is 1. The lowest BCUT2D eigenvalue weighted by atomic mass is 10.2. The number of carbonyl (C=O) groups is 1. The third-order valence-corrected chi connectivity index (χ3v) is 4.82. The molecule has 0 unspecified atom stereocenters. The van der Waals surface area contributed by atoms with Crippen molar-refractivity contribution in [1.29, 1.82) is 0 Å². The Morgan fingerprint density at radius 3 is 2.59 bits per heavy atom. The van der Waals surface area contributed by atoms with Crippen molar-refractivity contribution in [3.63, 3.8) is 0 Å². The number of amides is 1. The number of rotatable bonds is 8. The van der Waals surface area contributed by atoms with Crippen LogP contribution in [-0.4, -0.2) is 34.1 Å². The van der Waals surface area contributed by atoms with Gasteiger partial charge in [0.25, 0.3) is 5.89 Å². The van der Waals surface area contributed by atoms with Gasteiger partial charge in [0.15, 0.2) is 0 Å². The van der Waals surface area contributed by atoms with Crippen LogP contribution in [0.15, 0.2) is 46.2 Å². The highest BCUT2D eigenvalue weighted by Crippen LogP contribution is 2.29. The standard InChI is InChI=1S/C19H19F3N4O2S/c1-2-9-26(12-17-24-25-18(28-17)15-4-3-10-29-15)11-16(27)23-14-7-5-13(6-8-14)19(20,21)22/h3-8,10H,2,9,11-12H2,1H3,(H,23,27). The van der Waals surface area contributed by atoms with E-state index in [-0.39, 0.29) is 12.5 Å². The van der Waals surface area contributed by atoms with Crippen molar-refractivity contribution in [2.24, 2.45) is 0 Å². The molecular weight excluding hydrogens is 405 g/mol. The molecule has 0 bridgehead atoms. The number of nitrogens with zero attached hydrogens (tertiary/aromatic N) is 3. The number of halogens is 3. The van der Waals surface area contributed by atoms with Gasteiger partial charge >= 0.3 is 6.18 Å². The van der Waals surface area contributed by atoms with Crippen molar-refractivity contribution in [3.8, 4) is 10.8 Å². The summed E-state index contributed by atoms with van der Waals surface area (Å²) in [6, 6.07) is 8.10. The first-order valence-electron chi connectivity index (χ1n) is 8.91. The summed E-state index contributed by atoms with van der Waals surface area (Å²) in [5, 5.41) is 12.6. The van der Waals surface area contributed by atoms with E-state index in [4.69, 9.17) is 4.42 Å². The lowest BCUT2D eigenvalue weighted by molar-refractivity contribution is -0.137. The number of alkyl halides is 3. The molecule has 1 aromatic carbocycles. The number of thiophene rings is 1. The summed E-state index contributed by atoms with van der Waals surface area (Å²) in [4.78, 5) is 15.0. The van der Waals surface area contributed by atoms with Crippen LogP contribution in [0.2, 0.25) is 0 Å². The summed E-state index contributed by atoms with van der Waals surface area (Å²) < 4.78 is 43.5. The van der Waals surface area contributed by atoms with Crippen LogP contribution >= 0.6 is 11.3 Å². The fraction of sp³-hybridized carbons (Fsp3) is 0.316. The first-order valence-corrected chi connectivity index (χ1v) is 9.79. The van der Waals surface area contributed by atoms with Crippen LogP contribution in [0.4, 0.5) is 18.9 Å². The molecule has 0 saturated heterocycles. The largest absolute Gasteiger partial charge is 0.419 e. The Labute approximate surface area is 169 Å². The average Bonchev–Trinajstić information content (AvgIpc) is 3.33. The van der Waals surface area contributed by atoms with Crippen LogP contribution in [0.3, 0.4) is 0 Å². The minimum absolute atomic E-state index is 0.0472. The molecule has 0 aliphatic carbocycles. The molecule has 0 aliphatic rings. The summed E-state index contributed by atoms with van der Waals surface area (Å²) in [5.74, 6) is 0.487. The lowest BCUT2D eigenvalue weighted by Crippen LogP contribution is -2.33. The van der Waals surface area contributed by atoms with Crippen LogP contribution in [0.25, 0.3) is 10.8 Å². The smallest absolute Gasteiger partial charge is 0.416 e. The predicted molar refractivity (Wildman–Crippen MR) is 103 cm³/mol.